The number of β-amino-alcohol motifs (C(OH)–C–C–N with tert-alkyl or cyclic N) is 2. The fraction of sp³-hybridized carbons (Fsp3) is 0.353. The van der Waals surface area contributed by atoms with Gasteiger partial charge in [-0.25, -0.2) is 9.97 Å². The van der Waals surface area contributed by atoms with Crippen molar-refractivity contribution >= 4 is 34.8 Å². The van der Waals surface area contributed by atoms with Gasteiger partial charge in [-0.05, 0) is 43.5 Å². The van der Waals surface area contributed by atoms with Gasteiger partial charge in [0.1, 0.15) is 11.4 Å². The molecule has 1 atom stereocenters. The number of aryl methyl sites for hydroxylation is 1. The number of aliphatic hydroxyl groups is 2. The summed E-state index contributed by atoms with van der Waals surface area (Å²) in [5.41, 5.74) is 6.93. The van der Waals surface area contributed by atoms with Gasteiger partial charge in [-0.3, -0.25) is 19.6 Å². The molecule has 0 aliphatic carbocycles. The van der Waals surface area contributed by atoms with Gasteiger partial charge in [0.25, 0.3) is 5.91 Å². The summed E-state index contributed by atoms with van der Waals surface area (Å²) < 4.78 is 5.54. The lowest BCUT2D eigenvalue weighted by Crippen LogP contribution is -2.50. The molecule has 4 aromatic rings. The number of anilines is 1. The molecule has 4 heterocycles. The molecule has 0 radical (unpaired) electrons. The number of amides is 1. The highest BCUT2D eigenvalue weighted by Gasteiger charge is 2.28. The Labute approximate surface area is 278 Å². The van der Waals surface area contributed by atoms with Crippen LogP contribution >= 0.6 is 23.2 Å². The van der Waals surface area contributed by atoms with Gasteiger partial charge in [0.05, 0.1) is 53.1 Å². The average Bonchev–Trinajstić information content (AvgIpc) is 3.02. The number of fused-ring (bicyclic) bond motifs is 1. The molecule has 2 aliphatic rings. The molecule has 2 aromatic heterocycles. The number of ether oxygens (including phenoxy) is 1. The Bertz CT molecular complexity index is 1780. The van der Waals surface area contributed by atoms with Crippen LogP contribution < -0.4 is 10.1 Å². The number of pyridine rings is 1. The van der Waals surface area contributed by atoms with Gasteiger partial charge in [0, 0.05) is 55.5 Å². The van der Waals surface area contributed by atoms with Gasteiger partial charge >= 0.3 is 0 Å². The number of aromatic nitrogens is 3. The zero-order valence-corrected chi connectivity index (χ0v) is 27.4. The predicted molar refractivity (Wildman–Crippen MR) is 178 cm³/mol. The summed E-state index contributed by atoms with van der Waals surface area (Å²) in [6, 6.07) is 13.1. The maximum Gasteiger partial charge on any atom is 0.274 e. The van der Waals surface area contributed by atoms with Crippen LogP contribution in [0.1, 0.15) is 39.9 Å². The minimum Gasteiger partial charge on any atom is -0.480 e. The minimum atomic E-state index is -0.368. The third-order valence-corrected chi connectivity index (χ3v) is 9.47. The molecule has 6 rings (SSSR count). The van der Waals surface area contributed by atoms with Crippen molar-refractivity contribution in [3.63, 3.8) is 0 Å². The first kappa shape index (κ1) is 32.3. The summed E-state index contributed by atoms with van der Waals surface area (Å²) >= 11 is 13.9. The quantitative estimate of drug-likeness (QED) is 0.227. The van der Waals surface area contributed by atoms with E-state index in [0.717, 1.165) is 23.2 Å². The van der Waals surface area contributed by atoms with E-state index in [2.05, 4.69) is 32.0 Å². The van der Waals surface area contributed by atoms with E-state index in [1.165, 1.54) is 0 Å². The van der Waals surface area contributed by atoms with Crippen molar-refractivity contribution in [3.8, 4) is 28.3 Å². The van der Waals surface area contributed by atoms with Gasteiger partial charge in [0.15, 0.2) is 0 Å². The largest absolute Gasteiger partial charge is 0.480 e. The summed E-state index contributed by atoms with van der Waals surface area (Å²) in [5, 5.41) is 22.8. The summed E-state index contributed by atoms with van der Waals surface area (Å²) in [6.07, 6.45) is 2.17. The molecule has 12 heteroatoms. The van der Waals surface area contributed by atoms with E-state index in [9.17, 15) is 15.0 Å². The van der Waals surface area contributed by atoms with Gasteiger partial charge < -0.3 is 20.3 Å². The monoisotopic (exact) mass is 662 g/mol. The van der Waals surface area contributed by atoms with Gasteiger partial charge in [-0.1, -0.05) is 53.5 Å². The molecule has 0 saturated carbocycles. The minimum absolute atomic E-state index is 0.0692. The van der Waals surface area contributed by atoms with E-state index in [1.807, 2.05) is 43.3 Å². The Morgan fingerprint density at radius 3 is 2.52 bits per heavy atom. The van der Waals surface area contributed by atoms with E-state index in [4.69, 9.17) is 32.9 Å². The molecule has 0 spiro atoms. The van der Waals surface area contributed by atoms with Crippen molar-refractivity contribution in [1.82, 2.24) is 24.8 Å². The third-order valence-electron chi connectivity index (χ3n) is 8.66. The van der Waals surface area contributed by atoms with Crippen LogP contribution in [0.3, 0.4) is 0 Å². The maximum atomic E-state index is 13.5. The number of benzene rings is 2. The molecule has 1 fully saturated rings. The number of hydrogen-bond donors (Lipinski definition) is 3. The average molecular weight is 664 g/mol. The molecule has 1 amide bonds. The first-order valence-corrected chi connectivity index (χ1v) is 16.0. The van der Waals surface area contributed by atoms with E-state index in [-0.39, 0.29) is 24.7 Å². The zero-order valence-electron chi connectivity index (χ0n) is 25.9. The summed E-state index contributed by atoms with van der Waals surface area (Å²) in [4.78, 5) is 31.7. The maximum absolute atomic E-state index is 13.5. The lowest BCUT2D eigenvalue weighted by atomic mass is 9.94. The van der Waals surface area contributed by atoms with Crippen LogP contribution in [-0.2, 0) is 19.5 Å². The van der Waals surface area contributed by atoms with Crippen LogP contribution in [0.4, 0.5) is 5.69 Å². The van der Waals surface area contributed by atoms with E-state index in [1.54, 1.807) is 19.4 Å². The molecular formula is C34H36Cl2N6O4. The van der Waals surface area contributed by atoms with E-state index < -0.39 is 0 Å². The number of methoxy groups -OCH3 is 1. The van der Waals surface area contributed by atoms with Gasteiger partial charge in [-0.2, -0.15) is 0 Å². The van der Waals surface area contributed by atoms with Crippen LogP contribution in [0.25, 0.3) is 22.4 Å². The summed E-state index contributed by atoms with van der Waals surface area (Å²) in [6.45, 7) is 7.04. The molecular weight excluding hydrogens is 627 g/mol. The number of rotatable bonds is 9. The number of carbonyl (C=O) groups is 1. The molecule has 1 saturated heterocycles. The molecule has 10 nitrogen and oxygen atoms in total. The first-order chi connectivity index (χ1) is 22.2. The predicted octanol–water partition coefficient (Wildman–Crippen LogP) is 5.00. The molecule has 46 heavy (non-hydrogen) atoms. The Hall–Kier alpha value is -3.64. The van der Waals surface area contributed by atoms with Crippen molar-refractivity contribution in [3.05, 3.63) is 86.9 Å². The lowest BCUT2D eigenvalue weighted by Gasteiger charge is -2.35. The smallest absolute Gasteiger partial charge is 0.274 e. The Morgan fingerprint density at radius 2 is 1.80 bits per heavy atom. The van der Waals surface area contributed by atoms with Gasteiger partial charge in [0.2, 0.25) is 5.88 Å². The molecule has 2 aliphatic heterocycles. The van der Waals surface area contributed by atoms with Crippen LogP contribution in [0.15, 0.2) is 48.7 Å². The number of halogens is 2. The van der Waals surface area contributed by atoms with Crippen LogP contribution in [-0.4, -0.2) is 86.4 Å². The number of hydrogen-bond acceptors (Lipinski definition) is 9. The SMILES string of the molecule is COc1nc(-c2cccc(-c3cccc(NC(=O)c4cc(C)c5c(n4)CN(CCO)C(C)C5)c3Cl)c2Cl)cnc1CN1CC(O)C1. The number of nitrogens with one attached hydrogen (secondary N) is 1. The fourth-order valence-electron chi connectivity index (χ4n) is 6.13. The van der Waals surface area contributed by atoms with E-state index >= 15 is 0 Å². The van der Waals surface area contributed by atoms with Crippen LogP contribution in [0, 0.1) is 6.92 Å². The van der Waals surface area contributed by atoms with Crippen molar-refractivity contribution in [1.29, 1.82) is 0 Å². The number of aliphatic hydroxyl groups excluding tert-OH is 2. The first-order valence-electron chi connectivity index (χ1n) is 15.2. The fourth-order valence-corrected chi connectivity index (χ4v) is 6.73. The summed E-state index contributed by atoms with van der Waals surface area (Å²) in [5.74, 6) is 0.0251. The third kappa shape index (κ3) is 6.46. The second kappa shape index (κ2) is 13.6. The molecule has 3 N–H and O–H groups in total. The van der Waals surface area contributed by atoms with Crippen molar-refractivity contribution in [2.45, 2.75) is 45.5 Å². The standard InChI is InChI=1S/C34H36Cl2N6O4/c1-19-12-27(38-29-18-42(10-11-43)20(2)13-25(19)29)33(45)39-26-9-5-7-23(32(26)36)22-6-4-8-24(31(22)35)28-14-37-30(34(40-28)46-3)17-41-15-21(44)16-41/h4-9,12,14,20-21,43-44H,10-11,13,15-18H2,1-3H3,(H,39,45). The normalized spacial score (nSPS) is 17.0. The Kier molecular flexibility index (Phi) is 9.56. The van der Waals surface area contributed by atoms with Crippen molar-refractivity contribution in [2.24, 2.45) is 0 Å². The van der Waals surface area contributed by atoms with Crippen LogP contribution in [0.2, 0.25) is 10.0 Å². The number of likely N-dealkylation sites (tertiary alicyclic amines) is 1. The molecule has 0 bridgehead atoms. The topological polar surface area (TPSA) is 124 Å². The van der Waals surface area contributed by atoms with Crippen molar-refractivity contribution in [2.75, 3.05) is 38.7 Å². The van der Waals surface area contributed by atoms with E-state index in [0.29, 0.717) is 88.1 Å². The van der Waals surface area contributed by atoms with Crippen LogP contribution in [0.5, 0.6) is 5.88 Å². The Balaban J connectivity index is 1.25. The molecule has 240 valence electrons. The molecule has 1 unspecified atom stereocenters. The summed E-state index contributed by atoms with van der Waals surface area (Å²) in [7, 11) is 1.55. The second-order valence-electron chi connectivity index (χ2n) is 11.8. The van der Waals surface area contributed by atoms with Gasteiger partial charge in [-0.15, -0.1) is 0 Å². The Morgan fingerprint density at radius 1 is 1.09 bits per heavy atom. The second-order valence-corrected chi connectivity index (χ2v) is 12.6. The number of carbonyl (C=O) groups excluding carboxylic acids is 1. The highest BCUT2D eigenvalue weighted by atomic mass is 35.5. The highest BCUT2D eigenvalue weighted by molar-refractivity contribution is 6.39. The van der Waals surface area contributed by atoms with Crippen molar-refractivity contribution < 1.29 is 19.7 Å². The molecule has 2 aromatic carbocycles. The number of nitrogens with zero attached hydrogens (tertiary/aromatic N) is 5. The highest BCUT2D eigenvalue weighted by Crippen LogP contribution is 2.41. The zero-order chi connectivity index (χ0) is 32.5. The lowest BCUT2D eigenvalue weighted by molar-refractivity contribution is -0.00403.